The number of carbonyl (C=O) groups excluding carboxylic acids is 1. The van der Waals surface area contributed by atoms with Crippen LogP contribution in [0.4, 0.5) is 11.4 Å². The summed E-state index contributed by atoms with van der Waals surface area (Å²) in [5, 5.41) is 4.09. The van der Waals surface area contributed by atoms with Crippen LogP contribution in [-0.4, -0.2) is 43.5 Å². The van der Waals surface area contributed by atoms with Crippen molar-refractivity contribution in [3.63, 3.8) is 0 Å². The molecule has 0 bridgehead atoms. The summed E-state index contributed by atoms with van der Waals surface area (Å²) in [7, 11) is 0. The van der Waals surface area contributed by atoms with E-state index in [4.69, 9.17) is 27.9 Å². The van der Waals surface area contributed by atoms with E-state index < -0.39 is 0 Å². The molecule has 0 aromatic heterocycles. The number of benzene rings is 2. The molecule has 0 spiro atoms. The van der Waals surface area contributed by atoms with Crippen molar-refractivity contribution in [2.24, 2.45) is 0 Å². The summed E-state index contributed by atoms with van der Waals surface area (Å²) in [6, 6.07) is 11.5. The summed E-state index contributed by atoms with van der Waals surface area (Å²) < 4.78 is 5.53. The SMILES string of the molecule is O=C1CCc2ccc(OC#CCCN3CCN(c4cccc(Cl)c4Cl)CC3)cc2N1. The van der Waals surface area contributed by atoms with Gasteiger partial charge in [-0.1, -0.05) is 41.3 Å². The summed E-state index contributed by atoms with van der Waals surface area (Å²) in [5.74, 6) is 3.77. The zero-order valence-corrected chi connectivity index (χ0v) is 18.1. The zero-order valence-electron chi connectivity index (χ0n) is 16.6. The number of hydrogen-bond donors (Lipinski definition) is 1. The first-order valence-corrected chi connectivity index (χ1v) is 10.8. The number of nitrogens with zero attached hydrogens (tertiary/aromatic N) is 2. The number of piperazine rings is 1. The first-order valence-electron chi connectivity index (χ1n) is 10.1. The van der Waals surface area contributed by atoms with Crippen LogP contribution in [0.2, 0.25) is 10.0 Å². The van der Waals surface area contributed by atoms with Crippen LogP contribution in [0.5, 0.6) is 5.75 Å². The van der Waals surface area contributed by atoms with E-state index in [1.54, 1.807) is 0 Å². The van der Waals surface area contributed by atoms with E-state index in [0.717, 1.165) is 62.5 Å². The third-order valence-electron chi connectivity index (χ3n) is 5.42. The van der Waals surface area contributed by atoms with Gasteiger partial charge in [0.1, 0.15) is 11.9 Å². The van der Waals surface area contributed by atoms with E-state index in [0.29, 0.717) is 22.2 Å². The van der Waals surface area contributed by atoms with E-state index in [-0.39, 0.29) is 5.91 Å². The lowest BCUT2D eigenvalue weighted by molar-refractivity contribution is -0.116. The second-order valence-electron chi connectivity index (χ2n) is 7.40. The lowest BCUT2D eigenvalue weighted by Gasteiger charge is -2.36. The predicted octanol–water partition coefficient (Wildman–Crippen LogP) is 4.43. The molecular weight excluding hydrogens is 421 g/mol. The minimum absolute atomic E-state index is 0.0449. The van der Waals surface area contributed by atoms with Gasteiger partial charge < -0.3 is 15.0 Å². The highest BCUT2D eigenvalue weighted by molar-refractivity contribution is 6.43. The molecule has 0 aliphatic carbocycles. The maximum atomic E-state index is 11.5. The van der Waals surface area contributed by atoms with Gasteiger partial charge in [0, 0.05) is 57.3 Å². The fourth-order valence-electron chi connectivity index (χ4n) is 3.72. The Hall–Kier alpha value is -2.39. The van der Waals surface area contributed by atoms with Crippen molar-refractivity contribution in [1.29, 1.82) is 0 Å². The summed E-state index contributed by atoms with van der Waals surface area (Å²) in [6.45, 7) is 4.62. The van der Waals surface area contributed by atoms with Crippen LogP contribution in [-0.2, 0) is 11.2 Å². The van der Waals surface area contributed by atoms with Crippen molar-refractivity contribution in [1.82, 2.24) is 4.90 Å². The second-order valence-corrected chi connectivity index (χ2v) is 8.18. The molecule has 7 heteroatoms. The van der Waals surface area contributed by atoms with Crippen molar-refractivity contribution in [2.75, 3.05) is 42.9 Å². The highest BCUT2D eigenvalue weighted by atomic mass is 35.5. The van der Waals surface area contributed by atoms with E-state index in [9.17, 15) is 4.79 Å². The van der Waals surface area contributed by atoms with Gasteiger partial charge in [-0.05, 0) is 30.2 Å². The highest BCUT2D eigenvalue weighted by Gasteiger charge is 2.19. The molecule has 1 fully saturated rings. The average Bonchev–Trinajstić information content (AvgIpc) is 2.76. The van der Waals surface area contributed by atoms with Crippen LogP contribution in [0.25, 0.3) is 0 Å². The number of fused-ring (bicyclic) bond motifs is 1. The molecule has 1 N–H and O–H groups in total. The monoisotopic (exact) mass is 443 g/mol. The number of hydrogen-bond acceptors (Lipinski definition) is 4. The van der Waals surface area contributed by atoms with Crippen molar-refractivity contribution in [2.45, 2.75) is 19.3 Å². The molecule has 2 aliphatic heterocycles. The normalized spacial score (nSPS) is 16.3. The fraction of sp³-hybridized carbons (Fsp3) is 0.348. The Kier molecular flexibility index (Phi) is 6.69. The second kappa shape index (κ2) is 9.61. The molecule has 5 nitrogen and oxygen atoms in total. The Morgan fingerprint density at radius 3 is 2.73 bits per heavy atom. The minimum Gasteiger partial charge on any atom is -0.408 e. The van der Waals surface area contributed by atoms with Crippen LogP contribution in [0.3, 0.4) is 0 Å². The average molecular weight is 444 g/mol. The molecule has 4 rings (SSSR count). The maximum absolute atomic E-state index is 11.5. The van der Waals surface area contributed by atoms with Gasteiger partial charge in [-0.2, -0.15) is 0 Å². The first-order chi connectivity index (χ1) is 14.6. The van der Waals surface area contributed by atoms with Crippen molar-refractivity contribution < 1.29 is 9.53 Å². The number of carbonyl (C=O) groups is 1. The lowest BCUT2D eigenvalue weighted by Crippen LogP contribution is -2.46. The number of aryl methyl sites for hydroxylation is 1. The topological polar surface area (TPSA) is 44.8 Å². The molecule has 2 aromatic carbocycles. The van der Waals surface area contributed by atoms with Crippen LogP contribution < -0.4 is 15.0 Å². The maximum Gasteiger partial charge on any atom is 0.224 e. The lowest BCUT2D eigenvalue weighted by atomic mass is 10.0. The highest BCUT2D eigenvalue weighted by Crippen LogP contribution is 2.33. The summed E-state index contributed by atoms with van der Waals surface area (Å²) >= 11 is 12.5. The van der Waals surface area contributed by atoms with Gasteiger partial charge in [0.2, 0.25) is 5.91 Å². The Balaban J connectivity index is 1.22. The third-order valence-corrected chi connectivity index (χ3v) is 6.22. The van der Waals surface area contributed by atoms with Crippen molar-refractivity contribution >= 4 is 40.5 Å². The van der Waals surface area contributed by atoms with Gasteiger partial charge >= 0.3 is 0 Å². The van der Waals surface area contributed by atoms with E-state index >= 15 is 0 Å². The van der Waals surface area contributed by atoms with Gasteiger partial charge in [-0.3, -0.25) is 9.69 Å². The predicted molar refractivity (Wildman–Crippen MR) is 122 cm³/mol. The Labute approximate surface area is 186 Å². The largest absolute Gasteiger partial charge is 0.408 e. The molecule has 0 saturated carbocycles. The van der Waals surface area contributed by atoms with Crippen LogP contribution in [0.1, 0.15) is 18.4 Å². The van der Waals surface area contributed by atoms with E-state index in [1.807, 2.05) is 36.4 Å². The summed E-state index contributed by atoms with van der Waals surface area (Å²) in [6.07, 6.45) is 4.81. The number of rotatable bonds is 4. The molecule has 2 aliphatic rings. The third kappa shape index (κ3) is 5.02. The molecule has 0 radical (unpaired) electrons. The number of halogens is 2. The van der Waals surface area contributed by atoms with E-state index in [1.165, 1.54) is 0 Å². The first kappa shape index (κ1) is 20.9. The smallest absolute Gasteiger partial charge is 0.224 e. The standard InChI is InChI=1S/C23H23Cl2N3O2/c24-19-4-3-5-21(23(19)25)28-13-11-27(12-14-28)10-1-2-15-30-18-8-6-17-7-9-22(29)26-20(17)16-18/h3-6,8,16H,1,7,9-14H2,(H,26,29). The summed E-state index contributed by atoms with van der Waals surface area (Å²) in [4.78, 5) is 16.2. The Morgan fingerprint density at radius 1 is 1.07 bits per heavy atom. The molecule has 30 heavy (non-hydrogen) atoms. The van der Waals surface area contributed by atoms with Gasteiger partial charge in [0.15, 0.2) is 0 Å². The molecule has 0 atom stereocenters. The van der Waals surface area contributed by atoms with Crippen LogP contribution >= 0.6 is 23.2 Å². The molecule has 2 aromatic rings. The quantitative estimate of drug-likeness (QED) is 0.709. The zero-order chi connectivity index (χ0) is 20.9. The van der Waals surface area contributed by atoms with Crippen molar-refractivity contribution in [3.8, 4) is 17.8 Å². The Morgan fingerprint density at radius 2 is 1.90 bits per heavy atom. The number of amides is 1. The molecule has 1 amide bonds. The van der Waals surface area contributed by atoms with Crippen LogP contribution in [0.15, 0.2) is 36.4 Å². The molecular formula is C23H23Cl2N3O2. The fourth-order valence-corrected chi connectivity index (χ4v) is 4.14. The van der Waals surface area contributed by atoms with Gasteiger partial charge in [-0.25, -0.2) is 0 Å². The van der Waals surface area contributed by atoms with Crippen LogP contribution in [0, 0.1) is 12.0 Å². The molecule has 0 unspecified atom stereocenters. The summed E-state index contributed by atoms with van der Waals surface area (Å²) in [5.41, 5.74) is 2.95. The number of ether oxygens (including phenoxy) is 1. The number of nitrogens with one attached hydrogen (secondary N) is 1. The van der Waals surface area contributed by atoms with Gasteiger partial charge in [0.05, 0.1) is 15.7 Å². The minimum atomic E-state index is 0.0449. The van der Waals surface area contributed by atoms with Crippen molar-refractivity contribution in [3.05, 3.63) is 52.0 Å². The molecule has 1 saturated heterocycles. The molecule has 2 heterocycles. The molecule has 156 valence electrons. The van der Waals surface area contributed by atoms with Gasteiger partial charge in [0.25, 0.3) is 0 Å². The van der Waals surface area contributed by atoms with E-state index in [2.05, 4.69) is 27.1 Å². The van der Waals surface area contributed by atoms with Gasteiger partial charge in [-0.15, -0.1) is 0 Å². The Bertz CT molecular complexity index is 992. The number of anilines is 2.